The van der Waals surface area contributed by atoms with E-state index in [1.54, 1.807) is 0 Å². The Balaban J connectivity index is 6.21. The summed E-state index contributed by atoms with van der Waals surface area (Å²) in [7, 11) is -3.96. The van der Waals surface area contributed by atoms with Crippen LogP contribution in [0.4, 0.5) is 0 Å². The number of rotatable bonds is 11. The Morgan fingerprint density at radius 2 is 1.16 bits per heavy atom. The number of hydrogen-bond acceptors (Lipinski definition) is 3. The van der Waals surface area contributed by atoms with E-state index < -0.39 is 16.6 Å². The van der Waals surface area contributed by atoms with Gasteiger partial charge in [-0.15, -0.1) is 0 Å². The molecule has 0 spiro atoms. The number of hydrogen-bond donors (Lipinski definition) is 1. The van der Waals surface area contributed by atoms with Crippen molar-refractivity contribution in [1.29, 1.82) is 0 Å². The molecule has 0 radical (unpaired) electrons. The summed E-state index contributed by atoms with van der Waals surface area (Å²) in [6.45, 7) is 34.3. The van der Waals surface area contributed by atoms with Crippen molar-refractivity contribution in [3.63, 3.8) is 0 Å². The fraction of sp³-hybridized carbons (Fsp3) is 0.923. The minimum absolute atomic E-state index is 0.0194. The first kappa shape index (κ1) is 31.1. The molecule has 0 rings (SSSR count). The van der Waals surface area contributed by atoms with E-state index in [1.165, 1.54) is 5.57 Å². The molecule has 0 aromatic heterocycles. The van der Waals surface area contributed by atoms with Crippen LogP contribution in [0.3, 0.4) is 0 Å². The second-order valence-corrected chi connectivity index (χ2v) is 22.5. The third kappa shape index (κ3) is 8.73. The lowest BCUT2D eigenvalue weighted by molar-refractivity contribution is -0.0258. The summed E-state index contributed by atoms with van der Waals surface area (Å²) < 4.78 is 14.1. The molecule has 31 heavy (non-hydrogen) atoms. The molecule has 0 aromatic carbocycles. The molecule has 0 aliphatic heterocycles. The molecular formula is C26H56O3Si2. The monoisotopic (exact) mass is 472 g/mol. The molecule has 0 heterocycles. The Morgan fingerprint density at radius 3 is 1.45 bits per heavy atom. The van der Waals surface area contributed by atoms with Crippen LogP contribution in [0.2, 0.25) is 36.3 Å². The minimum atomic E-state index is -1.99. The highest BCUT2D eigenvalue weighted by Gasteiger charge is 2.46. The summed E-state index contributed by atoms with van der Waals surface area (Å²) in [6, 6.07) is 0. The molecule has 1 N–H and O–H groups in total. The summed E-state index contributed by atoms with van der Waals surface area (Å²) in [6.07, 6.45) is 3.32. The highest BCUT2D eigenvalue weighted by Crippen LogP contribution is 2.43. The molecule has 0 saturated heterocycles. The van der Waals surface area contributed by atoms with E-state index in [1.807, 2.05) is 0 Å². The molecule has 0 bridgehead atoms. The van der Waals surface area contributed by atoms with Crippen LogP contribution >= 0.6 is 0 Å². The molecular weight excluding hydrogens is 416 g/mol. The maximum atomic E-state index is 10.1. The highest BCUT2D eigenvalue weighted by atomic mass is 28.4. The standard InChI is InChI=1S/C26H56O3Si2/c1-16-19(2)17-20(3)23(28-30(12,13)25(6,7)8)22(5)24(21(4)18-27)29-31(14,15)26(9,10)11/h16,20-24,27H,17-18H2,1-15H3/b19-16+/t20-,21+,22+,23-,24-/m0/s1. The summed E-state index contributed by atoms with van der Waals surface area (Å²) in [5.74, 6) is 0.659. The second-order valence-electron chi connectivity index (χ2n) is 13.0. The van der Waals surface area contributed by atoms with Gasteiger partial charge in [0.25, 0.3) is 0 Å². The fourth-order valence-electron chi connectivity index (χ4n) is 3.55. The van der Waals surface area contributed by atoms with Gasteiger partial charge in [-0.3, -0.25) is 0 Å². The van der Waals surface area contributed by atoms with Crippen molar-refractivity contribution in [2.45, 2.75) is 131 Å². The van der Waals surface area contributed by atoms with Crippen LogP contribution in [-0.2, 0) is 8.85 Å². The summed E-state index contributed by atoms with van der Waals surface area (Å²) >= 11 is 0. The first-order chi connectivity index (χ1) is 13.7. The van der Waals surface area contributed by atoms with Gasteiger partial charge in [0.15, 0.2) is 16.6 Å². The molecule has 0 aliphatic carbocycles. The van der Waals surface area contributed by atoms with Crippen LogP contribution in [0, 0.1) is 17.8 Å². The number of aliphatic hydroxyl groups excluding tert-OH is 1. The van der Waals surface area contributed by atoms with Crippen molar-refractivity contribution >= 4 is 16.6 Å². The predicted molar refractivity (Wildman–Crippen MR) is 143 cm³/mol. The van der Waals surface area contributed by atoms with Gasteiger partial charge in [0.1, 0.15) is 0 Å². The van der Waals surface area contributed by atoms with Crippen LogP contribution in [0.5, 0.6) is 0 Å². The predicted octanol–water partition coefficient (Wildman–Crippen LogP) is 8.02. The third-order valence-corrected chi connectivity index (χ3v) is 17.0. The Bertz CT molecular complexity index is 570. The van der Waals surface area contributed by atoms with E-state index in [9.17, 15) is 5.11 Å². The van der Waals surface area contributed by atoms with Gasteiger partial charge in [-0.25, -0.2) is 0 Å². The van der Waals surface area contributed by atoms with Crippen LogP contribution in [0.1, 0.15) is 82.6 Å². The number of allylic oxidation sites excluding steroid dienone is 2. The van der Waals surface area contributed by atoms with E-state index in [0.717, 1.165) is 6.42 Å². The molecule has 0 aliphatic rings. The van der Waals surface area contributed by atoms with Gasteiger partial charge in [0.2, 0.25) is 0 Å². The van der Waals surface area contributed by atoms with Crippen LogP contribution in [0.15, 0.2) is 11.6 Å². The largest absolute Gasteiger partial charge is 0.413 e. The lowest BCUT2D eigenvalue weighted by atomic mass is 9.82. The molecule has 0 saturated carbocycles. The van der Waals surface area contributed by atoms with Gasteiger partial charge in [-0.1, -0.05) is 74.0 Å². The maximum absolute atomic E-state index is 10.1. The van der Waals surface area contributed by atoms with Gasteiger partial charge < -0.3 is 14.0 Å². The zero-order valence-corrected chi connectivity index (χ0v) is 25.6. The molecule has 186 valence electrons. The molecule has 0 fully saturated rings. The van der Waals surface area contributed by atoms with Gasteiger partial charge >= 0.3 is 0 Å². The maximum Gasteiger partial charge on any atom is 0.192 e. The molecule has 0 aromatic rings. The zero-order valence-electron chi connectivity index (χ0n) is 23.6. The van der Waals surface area contributed by atoms with Gasteiger partial charge in [0.05, 0.1) is 12.2 Å². The fourth-order valence-corrected chi connectivity index (χ4v) is 6.51. The van der Waals surface area contributed by atoms with Crippen molar-refractivity contribution in [1.82, 2.24) is 0 Å². The van der Waals surface area contributed by atoms with Crippen LogP contribution in [-0.4, -0.2) is 40.6 Å². The Labute approximate surface area is 197 Å². The normalized spacial score (nSPS) is 19.7. The zero-order chi connectivity index (χ0) is 25.0. The lowest BCUT2D eigenvalue weighted by Crippen LogP contribution is -2.53. The summed E-state index contributed by atoms with van der Waals surface area (Å²) in [5.41, 5.74) is 1.40. The average Bonchev–Trinajstić information content (AvgIpc) is 2.60. The first-order valence-corrected chi connectivity index (χ1v) is 18.1. The highest BCUT2D eigenvalue weighted by molar-refractivity contribution is 6.74. The molecule has 5 heteroatoms. The van der Waals surface area contributed by atoms with Gasteiger partial charge in [-0.2, -0.15) is 0 Å². The van der Waals surface area contributed by atoms with Gasteiger partial charge in [-0.05, 0) is 62.5 Å². The van der Waals surface area contributed by atoms with Crippen molar-refractivity contribution in [3.05, 3.63) is 11.6 Å². The minimum Gasteiger partial charge on any atom is -0.413 e. The van der Waals surface area contributed by atoms with E-state index in [0.29, 0.717) is 5.92 Å². The summed E-state index contributed by atoms with van der Waals surface area (Å²) in [5, 5.41) is 10.4. The van der Waals surface area contributed by atoms with Crippen molar-refractivity contribution in [2.24, 2.45) is 17.8 Å². The lowest BCUT2D eigenvalue weighted by Gasteiger charge is -2.48. The van der Waals surface area contributed by atoms with Crippen molar-refractivity contribution in [2.75, 3.05) is 6.61 Å². The van der Waals surface area contributed by atoms with Crippen molar-refractivity contribution in [3.8, 4) is 0 Å². The molecule has 3 nitrogen and oxygen atoms in total. The van der Waals surface area contributed by atoms with E-state index in [-0.39, 0.29) is 40.7 Å². The Morgan fingerprint density at radius 1 is 0.806 bits per heavy atom. The quantitative estimate of drug-likeness (QED) is 0.244. The second kappa shape index (κ2) is 11.5. The van der Waals surface area contributed by atoms with E-state index in [4.69, 9.17) is 8.85 Å². The molecule has 5 atom stereocenters. The van der Waals surface area contributed by atoms with E-state index >= 15 is 0 Å². The Kier molecular flexibility index (Phi) is 11.5. The smallest absolute Gasteiger partial charge is 0.192 e. The summed E-state index contributed by atoms with van der Waals surface area (Å²) in [4.78, 5) is 0. The first-order valence-electron chi connectivity index (χ1n) is 12.3. The van der Waals surface area contributed by atoms with Crippen molar-refractivity contribution < 1.29 is 14.0 Å². The van der Waals surface area contributed by atoms with E-state index in [2.05, 4.69) is 108 Å². The average molecular weight is 473 g/mol. The third-order valence-electron chi connectivity index (χ3n) is 8.06. The Hall–Kier alpha value is 0.0538. The van der Waals surface area contributed by atoms with Crippen LogP contribution < -0.4 is 0 Å². The number of aliphatic hydroxyl groups is 1. The SMILES string of the molecule is C/C=C(\C)C[C@H](C)[C@H](O[Si](C)(C)C(C)(C)C)[C@@H](C)[C@@H](O[Si](C)(C)C(C)(C)C)[C@H](C)CO. The topological polar surface area (TPSA) is 38.7 Å². The van der Waals surface area contributed by atoms with Gasteiger partial charge in [0, 0.05) is 18.4 Å². The molecule has 0 amide bonds. The molecule has 0 unspecified atom stereocenters. The van der Waals surface area contributed by atoms with Crippen LogP contribution in [0.25, 0.3) is 0 Å².